The van der Waals surface area contributed by atoms with Gasteiger partial charge in [-0.25, -0.2) is 4.68 Å². The Kier molecular flexibility index (Phi) is 6.97. The van der Waals surface area contributed by atoms with Crippen LogP contribution in [-0.2, 0) is 7.05 Å². The SMILES string of the molecule is Cc1cc(Oc2cnn(C)c(=O)c2Nc2cccc(C(=O)NCC(C)C)c2)ccc1Cl. The number of carbonyl (C=O) groups excluding carboxylic acids is 1. The van der Waals surface area contributed by atoms with E-state index in [1.165, 1.54) is 10.9 Å². The Labute approximate surface area is 186 Å². The molecule has 0 saturated heterocycles. The summed E-state index contributed by atoms with van der Waals surface area (Å²) < 4.78 is 7.13. The van der Waals surface area contributed by atoms with Crippen molar-refractivity contribution in [2.24, 2.45) is 13.0 Å². The Hall–Kier alpha value is -3.32. The average Bonchev–Trinajstić information content (AvgIpc) is 2.74. The number of anilines is 2. The van der Waals surface area contributed by atoms with E-state index in [0.29, 0.717) is 34.5 Å². The molecule has 3 rings (SSSR count). The van der Waals surface area contributed by atoms with Crippen LogP contribution in [0.4, 0.5) is 11.4 Å². The summed E-state index contributed by atoms with van der Waals surface area (Å²) >= 11 is 6.08. The number of ether oxygens (including phenoxy) is 1. The molecule has 0 spiro atoms. The van der Waals surface area contributed by atoms with E-state index in [-0.39, 0.29) is 22.9 Å². The molecular weight excluding hydrogens is 416 g/mol. The Morgan fingerprint density at radius 3 is 2.71 bits per heavy atom. The van der Waals surface area contributed by atoms with Crippen molar-refractivity contribution in [3.8, 4) is 11.5 Å². The molecule has 2 aromatic carbocycles. The maximum absolute atomic E-state index is 12.8. The van der Waals surface area contributed by atoms with E-state index >= 15 is 0 Å². The zero-order valence-electron chi connectivity index (χ0n) is 17.9. The summed E-state index contributed by atoms with van der Waals surface area (Å²) in [5, 5.41) is 10.6. The van der Waals surface area contributed by atoms with Crippen molar-refractivity contribution in [2.75, 3.05) is 11.9 Å². The van der Waals surface area contributed by atoms with Gasteiger partial charge in [-0.3, -0.25) is 9.59 Å². The number of aromatic nitrogens is 2. The van der Waals surface area contributed by atoms with Crippen molar-refractivity contribution >= 4 is 28.9 Å². The molecule has 1 aromatic heterocycles. The molecule has 0 bridgehead atoms. The van der Waals surface area contributed by atoms with Gasteiger partial charge in [-0.1, -0.05) is 31.5 Å². The first-order valence-corrected chi connectivity index (χ1v) is 10.3. The minimum absolute atomic E-state index is 0.173. The lowest BCUT2D eigenvalue weighted by Crippen LogP contribution is -2.27. The second kappa shape index (κ2) is 9.66. The Morgan fingerprint density at radius 2 is 2.00 bits per heavy atom. The summed E-state index contributed by atoms with van der Waals surface area (Å²) in [6.07, 6.45) is 1.47. The monoisotopic (exact) mass is 440 g/mol. The molecule has 0 radical (unpaired) electrons. The van der Waals surface area contributed by atoms with Crippen molar-refractivity contribution in [1.29, 1.82) is 0 Å². The van der Waals surface area contributed by atoms with Gasteiger partial charge < -0.3 is 15.4 Å². The standard InChI is InChI=1S/C23H25ClN4O3/c1-14(2)12-25-22(29)16-6-5-7-17(11-16)27-21-20(13-26-28(4)23(21)30)31-18-8-9-19(24)15(3)10-18/h5-11,13-14,27H,12H2,1-4H3,(H,25,29). The van der Waals surface area contributed by atoms with Gasteiger partial charge in [0.2, 0.25) is 0 Å². The fourth-order valence-electron chi connectivity index (χ4n) is 2.80. The second-order valence-electron chi connectivity index (χ2n) is 7.64. The van der Waals surface area contributed by atoms with Crippen molar-refractivity contribution in [3.05, 3.63) is 75.2 Å². The number of aryl methyl sites for hydroxylation is 2. The molecule has 0 aliphatic heterocycles. The van der Waals surface area contributed by atoms with Gasteiger partial charge >= 0.3 is 0 Å². The topological polar surface area (TPSA) is 85.2 Å². The zero-order valence-corrected chi connectivity index (χ0v) is 18.7. The highest BCUT2D eigenvalue weighted by Gasteiger charge is 2.14. The third-order valence-electron chi connectivity index (χ3n) is 4.52. The van der Waals surface area contributed by atoms with Gasteiger partial charge in [-0.2, -0.15) is 5.10 Å². The average molecular weight is 441 g/mol. The quantitative estimate of drug-likeness (QED) is 0.558. The van der Waals surface area contributed by atoms with E-state index in [1.54, 1.807) is 49.5 Å². The minimum Gasteiger partial charge on any atom is -0.453 e. The molecule has 162 valence electrons. The van der Waals surface area contributed by atoms with E-state index in [4.69, 9.17) is 16.3 Å². The van der Waals surface area contributed by atoms with E-state index in [1.807, 2.05) is 20.8 Å². The molecule has 1 amide bonds. The number of hydrogen-bond acceptors (Lipinski definition) is 5. The third kappa shape index (κ3) is 5.64. The number of carbonyl (C=O) groups is 1. The fraction of sp³-hybridized carbons (Fsp3) is 0.261. The largest absolute Gasteiger partial charge is 0.453 e. The molecule has 1 heterocycles. The van der Waals surface area contributed by atoms with Gasteiger partial charge in [0.15, 0.2) is 11.4 Å². The number of amides is 1. The fourth-order valence-corrected chi connectivity index (χ4v) is 2.92. The smallest absolute Gasteiger partial charge is 0.294 e. The molecule has 0 fully saturated rings. The molecule has 8 heteroatoms. The van der Waals surface area contributed by atoms with Crippen LogP contribution >= 0.6 is 11.6 Å². The number of hydrogen-bond donors (Lipinski definition) is 2. The first-order valence-electron chi connectivity index (χ1n) is 9.90. The summed E-state index contributed by atoms with van der Waals surface area (Å²) in [6.45, 7) is 6.51. The van der Waals surface area contributed by atoms with Gasteiger partial charge in [0.05, 0.1) is 6.20 Å². The number of nitrogens with zero attached hydrogens (tertiary/aromatic N) is 2. The van der Waals surface area contributed by atoms with Gasteiger partial charge in [0, 0.05) is 29.9 Å². The summed E-state index contributed by atoms with van der Waals surface area (Å²) in [5.74, 6) is 0.968. The van der Waals surface area contributed by atoms with E-state index < -0.39 is 0 Å². The summed E-state index contributed by atoms with van der Waals surface area (Å²) in [7, 11) is 1.56. The van der Waals surface area contributed by atoms with Crippen LogP contribution in [0.3, 0.4) is 0 Å². The van der Waals surface area contributed by atoms with E-state index in [0.717, 1.165) is 5.56 Å². The molecule has 0 unspecified atom stereocenters. The number of nitrogens with one attached hydrogen (secondary N) is 2. The predicted octanol–water partition coefficient (Wildman–Crippen LogP) is 4.66. The number of rotatable bonds is 7. The van der Waals surface area contributed by atoms with Crippen LogP contribution in [0.5, 0.6) is 11.5 Å². The highest BCUT2D eigenvalue weighted by atomic mass is 35.5. The van der Waals surface area contributed by atoms with Crippen LogP contribution < -0.4 is 20.9 Å². The molecular formula is C23H25ClN4O3. The summed E-state index contributed by atoms with van der Waals surface area (Å²) in [4.78, 5) is 25.2. The molecule has 2 N–H and O–H groups in total. The molecule has 0 aliphatic carbocycles. The maximum Gasteiger partial charge on any atom is 0.294 e. The molecule has 7 nitrogen and oxygen atoms in total. The third-order valence-corrected chi connectivity index (χ3v) is 4.95. The summed E-state index contributed by atoms with van der Waals surface area (Å²) in [5.41, 5.74) is 1.78. The molecule has 0 atom stereocenters. The van der Waals surface area contributed by atoms with Crippen molar-refractivity contribution < 1.29 is 9.53 Å². The van der Waals surface area contributed by atoms with E-state index in [2.05, 4.69) is 15.7 Å². The highest BCUT2D eigenvalue weighted by molar-refractivity contribution is 6.31. The number of halogens is 1. The predicted molar refractivity (Wildman–Crippen MR) is 123 cm³/mol. The van der Waals surface area contributed by atoms with Gasteiger partial charge in [-0.05, 0) is 54.8 Å². The van der Waals surface area contributed by atoms with Gasteiger partial charge in [0.1, 0.15) is 5.75 Å². The van der Waals surface area contributed by atoms with E-state index in [9.17, 15) is 9.59 Å². The molecule has 0 aliphatic rings. The van der Waals surface area contributed by atoms with Crippen LogP contribution in [0, 0.1) is 12.8 Å². The molecule has 0 saturated carbocycles. The maximum atomic E-state index is 12.8. The van der Waals surface area contributed by atoms with Crippen LogP contribution in [0.2, 0.25) is 5.02 Å². The minimum atomic E-state index is -0.363. The van der Waals surface area contributed by atoms with Crippen LogP contribution in [0.25, 0.3) is 0 Å². The molecule has 3 aromatic rings. The lowest BCUT2D eigenvalue weighted by Gasteiger charge is -2.14. The molecule has 31 heavy (non-hydrogen) atoms. The lowest BCUT2D eigenvalue weighted by molar-refractivity contribution is 0.0949. The second-order valence-corrected chi connectivity index (χ2v) is 8.04. The van der Waals surface area contributed by atoms with Crippen molar-refractivity contribution in [3.63, 3.8) is 0 Å². The van der Waals surface area contributed by atoms with Crippen molar-refractivity contribution in [1.82, 2.24) is 15.1 Å². The Balaban J connectivity index is 1.90. The Bertz CT molecular complexity index is 1160. The zero-order chi connectivity index (χ0) is 22.5. The van der Waals surface area contributed by atoms with Gasteiger partial charge in [-0.15, -0.1) is 0 Å². The number of benzene rings is 2. The lowest BCUT2D eigenvalue weighted by atomic mass is 10.1. The van der Waals surface area contributed by atoms with Crippen molar-refractivity contribution in [2.45, 2.75) is 20.8 Å². The first kappa shape index (κ1) is 22.4. The first-order chi connectivity index (χ1) is 14.7. The summed E-state index contributed by atoms with van der Waals surface area (Å²) in [6, 6.07) is 12.2. The van der Waals surface area contributed by atoms with Crippen LogP contribution in [0.15, 0.2) is 53.5 Å². The Morgan fingerprint density at radius 1 is 1.23 bits per heavy atom. The highest BCUT2D eigenvalue weighted by Crippen LogP contribution is 2.30. The normalized spacial score (nSPS) is 10.8. The van der Waals surface area contributed by atoms with Crippen LogP contribution in [0.1, 0.15) is 29.8 Å². The van der Waals surface area contributed by atoms with Crippen LogP contribution in [-0.4, -0.2) is 22.2 Å². The van der Waals surface area contributed by atoms with Gasteiger partial charge in [0.25, 0.3) is 11.5 Å².